The van der Waals surface area contributed by atoms with Gasteiger partial charge in [-0.15, -0.1) is 0 Å². The van der Waals surface area contributed by atoms with Gasteiger partial charge in [-0.1, -0.05) is 12.8 Å². The van der Waals surface area contributed by atoms with Crippen LogP contribution in [-0.4, -0.2) is 37.1 Å². The molecule has 1 aliphatic heterocycles. The summed E-state index contributed by atoms with van der Waals surface area (Å²) >= 11 is 0. The highest BCUT2D eigenvalue weighted by Crippen LogP contribution is 2.27. The molecule has 15 heavy (non-hydrogen) atoms. The zero-order valence-corrected chi connectivity index (χ0v) is 9.36. The van der Waals surface area contributed by atoms with E-state index in [9.17, 15) is 5.11 Å². The Labute approximate surface area is 91.8 Å². The van der Waals surface area contributed by atoms with Crippen LogP contribution >= 0.6 is 0 Å². The van der Waals surface area contributed by atoms with Gasteiger partial charge in [0, 0.05) is 6.61 Å². The molecule has 0 aromatic carbocycles. The van der Waals surface area contributed by atoms with Gasteiger partial charge in [0.2, 0.25) is 0 Å². The lowest BCUT2D eigenvalue weighted by molar-refractivity contribution is -0.0321. The van der Waals surface area contributed by atoms with Crippen LogP contribution in [0.15, 0.2) is 0 Å². The third-order valence-corrected chi connectivity index (χ3v) is 3.56. The summed E-state index contributed by atoms with van der Waals surface area (Å²) in [6.07, 6.45) is 7.17. The van der Waals surface area contributed by atoms with E-state index in [0.717, 1.165) is 19.4 Å². The Bertz CT molecular complexity index is 172. The molecule has 1 heterocycles. The second-order valence-corrected chi connectivity index (χ2v) is 4.78. The lowest BCUT2D eigenvalue weighted by Crippen LogP contribution is -2.26. The summed E-state index contributed by atoms with van der Waals surface area (Å²) in [5.41, 5.74) is 0. The van der Waals surface area contributed by atoms with Crippen molar-refractivity contribution in [2.45, 2.75) is 50.7 Å². The topological polar surface area (TPSA) is 38.7 Å². The molecule has 0 bridgehead atoms. The van der Waals surface area contributed by atoms with Gasteiger partial charge < -0.3 is 14.6 Å². The molecule has 0 spiro atoms. The predicted octanol–water partition coefficient (Wildman–Crippen LogP) is 1.73. The van der Waals surface area contributed by atoms with Crippen LogP contribution in [0.5, 0.6) is 0 Å². The van der Waals surface area contributed by atoms with E-state index in [2.05, 4.69) is 0 Å². The molecule has 2 atom stereocenters. The molecule has 3 heteroatoms. The first-order chi connectivity index (χ1) is 7.36. The number of aliphatic hydroxyl groups excluding tert-OH is 1. The van der Waals surface area contributed by atoms with Gasteiger partial charge in [-0.2, -0.15) is 0 Å². The molecule has 88 valence electrons. The minimum atomic E-state index is -0.256. The average Bonchev–Trinajstić information content (AvgIpc) is 2.90. The van der Waals surface area contributed by atoms with Gasteiger partial charge in [0.05, 0.1) is 25.4 Å². The molecule has 0 aromatic rings. The maximum Gasteiger partial charge on any atom is 0.0809 e. The van der Waals surface area contributed by atoms with Crippen molar-refractivity contribution in [2.75, 3.05) is 19.8 Å². The molecule has 1 N–H and O–H groups in total. The normalized spacial score (nSPS) is 29.8. The number of rotatable bonds is 5. The molecule has 0 radical (unpaired) electrons. The Morgan fingerprint density at radius 3 is 2.67 bits per heavy atom. The SMILES string of the molecule is OC(COCC1CCCO1)C1CCCC1. The lowest BCUT2D eigenvalue weighted by Gasteiger charge is -2.18. The zero-order valence-electron chi connectivity index (χ0n) is 9.36. The average molecular weight is 214 g/mol. The second kappa shape index (κ2) is 5.83. The van der Waals surface area contributed by atoms with Gasteiger partial charge in [0.1, 0.15) is 0 Å². The summed E-state index contributed by atoms with van der Waals surface area (Å²) in [4.78, 5) is 0. The van der Waals surface area contributed by atoms with Crippen LogP contribution in [0.25, 0.3) is 0 Å². The van der Waals surface area contributed by atoms with Crippen LogP contribution < -0.4 is 0 Å². The van der Waals surface area contributed by atoms with Gasteiger partial charge in [-0.25, -0.2) is 0 Å². The lowest BCUT2D eigenvalue weighted by atomic mass is 10.0. The summed E-state index contributed by atoms with van der Waals surface area (Å²) in [5.74, 6) is 0.481. The summed E-state index contributed by atoms with van der Waals surface area (Å²) in [5, 5.41) is 9.86. The number of ether oxygens (including phenoxy) is 2. The smallest absolute Gasteiger partial charge is 0.0809 e. The molecule has 2 rings (SSSR count). The second-order valence-electron chi connectivity index (χ2n) is 4.78. The highest BCUT2D eigenvalue weighted by Gasteiger charge is 2.23. The third-order valence-electron chi connectivity index (χ3n) is 3.56. The monoisotopic (exact) mass is 214 g/mol. The summed E-state index contributed by atoms with van der Waals surface area (Å²) in [6, 6.07) is 0. The van der Waals surface area contributed by atoms with Crippen LogP contribution in [0, 0.1) is 5.92 Å². The Morgan fingerprint density at radius 2 is 2.00 bits per heavy atom. The number of aliphatic hydroxyl groups is 1. The van der Waals surface area contributed by atoms with E-state index in [1.807, 2.05) is 0 Å². The van der Waals surface area contributed by atoms with Crippen molar-refractivity contribution in [3.8, 4) is 0 Å². The van der Waals surface area contributed by atoms with E-state index in [1.165, 1.54) is 25.7 Å². The summed E-state index contributed by atoms with van der Waals surface area (Å²) in [7, 11) is 0. The molecular formula is C12H22O3. The molecule has 3 nitrogen and oxygen atoms in total. The highest BCUT2D eigenvalue weighted by atomic mass is 16.5. The van der Waals surface area contributed by atoms with Gasteiger partial charge in [0.15, 0.2) is 0 Å². The van der Waals surface area contributed by atoms with Crippen molar-refractivity contribution >= 4 is 0 Å². The van der Waals surface area contributed by atoms with E-state index in [0.29, 0.717) is 19.1 Å². The highest BCUT2D eigenvalue weighted by molar-refractivity contribution is 4.74. The summed E-state index contributed by atoms with van der Waals surface area (Å²) in [6.45, 7) is 2.02. The van der Waals surface area contributed by atoms with Gasteiger partial charge >= 0.3 is 0 Å². The molecule has 1 saturated carbocycles. The van der Waals surface area contributed by atoms with Crippen molar-refractivity contribution in [3.05, 3.63) is 0 Å². The Morgan fingerprint density at radius 1 is 1.20 bits per heavy atom. The first-order valence-corrected chi connectivity index (χ1v) is 6.23. The molecular weight excluding hydrogens is 192 g/mol. The first kappa shape index (κ1) is 11.4. The van der Waals surface area contributed by atoms with Crippen LogP contribution in [0.2, 0.25) is 0 Å². The molecule has 0 aromatic heterocycles. The van der Waals surface area contributed by atoms with Crippen molar-refractivity contribution in [1.29, 1.82) is 0 Å². The van der Waals surface area contributed by atoms with E-state index in [4.69, 9.17) is 9.47 Å². The number of hydrogen-bond acceptors (Lipinski definition) is 3. The molecule has 2 fully saturated rings. The molecule has 2 aliphatic rings. The van der Waals surface area contributed by atoms with Crippen molar-refractivity contribution in [1.82, 2.24) is 0 Å². The quantitative estimate of drug-likeness (QED) is 0.757. The third kappa shape index (κ3) is 3.44. The molecule has 0 amide bonds. The van der Waals surface area contributed by atoms with Crippen LogP contribution in [0.4, 0.5) is 0 Å². The van der Waals surface area contributed by atoms with Crippen LogP contribution in [0.3, 0.4) is 0 Å². The first-order valence-electron chi connectivity index (χ1n) is 6.23. The minimum absolute atomic E-state index is 0.256. The Hall–Kier alpha value is -0.120. The maximum absolute atomic E-state index is 9.86. The fraction of sp³-hybridized carbons (Fsp3) is 1.00. The van der Waals surface area contributed by atoms with Gasteiger partial charge in [0.25, 0.3) is 0 Å². The van der Waals surface area contributed by atoms with Crippen LogP contribution in [-0.2, 0) is 9.47 Å². The molecule has 1 saturated heterocycles. The summed E-state index contributed by atoms with van der Waals surface area (Å²) < 4.78 is 11.0. The fourth-order valence-electron chi connectivity index (χ4n) is 2.57. The van der Waals surface area contributed by atoms with Gasteiger partial charge in [-0.3, -0.25) is 0 Å². The van der Waals surface area contributed by atoms with Crippen molar-refractivity contribution in [2.24, 2.45) is 5.92 Å². The largest absolute Gasteiger partial charge is 0.390 e. The maximum atomic E-state index is 9.86. The van der Waals surface area contributed by atoms with E-state index in [-0.39, 0.29) is 12.2 Å². The standard InChI is InChI=1S/C12H22O3/c13-12(10-4-1-2-5-10)9-14-8-11-6-3-7-15-11/h10-13H,1-9H2. The fourth-order valence-corrected chi connectivity index (χ4v) is 2.57. The molecule has 2 unspecified atom stereocenters. The molecule has 1 aliphatic carbocycles. The predicted molar refractivity (Wildman–Crippen MR) is 57.8 cm³/mol. The Kier molecular flexibility index (Phi) is 4.42. The van der Waals surface area contributed by atoms with Gasteiger partial charge in [-0.05, 0) is 31.6 Å². The van der Waals surface area contributed by atoms with E-state index in [1.54, 1.807) is 0 Å². The zero-order chi connectivity index (χ0) is 10.5. The van der Waals surface area contributed by atoms with E-state index < -0.39 is 0 Å². The van der Waals surface area contributed by atoms with Crippen molar-refractivity contribution < 1.29 is 14.6 Å². The van der Waals surface area contributed by atoms with E-state index >= 15 is 0 Å². The van der Waals surface area contributed by atoms with Crippen LogP contribution in [0.1, 0.15) is 38.5 Å². The Balaban J connectivity index is 1.56. The number of hydrogen-bond donors (Lipinski definition) is 1. The minimum Gasteiger partial charge on any atom is -0.390 e. The van der Waals surface area contributed by atoms with Crippen molar-refractivity contribution in [3.63, 3.8) is 0 Å².